The number of benzene rings is 2. The van der Waals surface area contributed by atoms with Crippen molar-refractivity contribution in [1.82, 2.24) is 30.4 Å². The Hall–Kier alpha value is -4.73. The minimum atomic E-state index is -0.291. The molecule has 4 aromatic rings. The lowest BCUT2D eigenvalue weighted by molar-refractivity contribution is -0.129. The van der Waals surface area contributed by atoms with Gasteiger partial charge >= 0.3 is 0 Å². The van der Waals surface area contributed by atoms with Crippen LogP contribution in [0.2, 0.25) is 0 Å². The molecule has 2 aromatic carbocycles. The van der Waals surface area contributed by atoms with Crippen LogP contribution < -0.4 is 15.4 Å². The van der Waals surface area contributed by atoms with Gasteiger partial charge in [0.2, 0.25) is 5.91 Å². The summed E-state index contributed by atoms with van der Waals surface area (Å²) >= 11 is 0. The van der Waals surface area contributed by atoms with E-state index in [2.05, 4.69) is 20.8 Å². The fourth-order valence-corrected chi connectivity index (χ4v) is 4.58. The number of hydrogen-bond donors (Lipinski definition) is 3. The molecule has 0 atom stereocenters. The van der Waals surface area contributed by atoms with Crippen LogP contribution in [0.1, 0.15) is 45.4 Å². The van der Waals surface area contributed by atoms with Crippen molar-refractivity contribution in [2.45, 2.75) is 52.6 Å². The highest BCUT2D eigenvalue weighted by molar-refractivity contribution is 5.78. The molecule has 0 radical (unpaired) electrons. The van der Waals surface area contributed by atoms with Crippen LogP contribution in [0, 0.1) is 0 Å². The quantitative estimate of drug-likeness (QED) is 0.270. The molecule has 0 saturated heterocycles. The topological polar surface area (TPSA) is 125 Å². The summed E-state index contributed by atoms with van der Waals surface area (Å²) in [6, 6.07) is 15.4. The van der Waals surface area contributed by atoms with E-state index in [1.807, 2.05) is 75.5 Å². The Morgan fingerprint density at radius 3 is 2.59 bits per heavy atom. The number of anilines is 2. The monoisotopic (exact) mass is 553 g/mol. The van der Waals surface area contributed by atoms with Gasteiger partial charge in [0.05, 0.1) is 18.4 Å². The third kappa shape index (κ3) is 6.71. The average Bonchev–Trinajstić information content (AvgIpc) is 3.51. The number of carbonyl (C=O) groups excluding carboxylic acids is 2. The standard InChI is InChI=1S/C31H35N7O3/c1-5-31(3,4)37-28(40)19-41-25-8-6-7-22(15-25)29-35-27-13-14-38(20(2)39)18-26(27)30(36-29)34-24-11-9-21(10-12-24)23-16-32-33-17-23/h6-12,15-17H,5,13-14,18-19H2,1-4H3,(H,32,33)(H,37,40)(H,34,35,36). The summed E-state index contributed by atoms with van der Waals surface area (Å²) in [5.74, 6) is 1.60. The minimum absolute atomic E-state index is 0.0198. The molecule has 3 N–H and O–H groups in total. The zero-order valence-electron chi connectivity index (χ0n) is 23.8. The maximum absolute atomic E-state index is 12.4. The van der Waals surface area contributed by atoms with Crippen LogP contribution in [-0.2, 0) is 22.6 Å². The molecule has 3 heterocycles. The molecular weight excluding hydrogens is 518 g/mol. The third-order valence-corrected chi connectivity index (χ3v) is 7.31. The van der Waals surface area contributed by atoms with Crippen LogP contribution in [0.5, 0.6) is 5.75 Å². The Balaban J connectivity index is 1.41. The van der Waals surface area contributed by atoms with E-state index in [1.54, 1.807) is 18.0 Å². The predicted molar refractivity (Wildman–Crippen MR) is 158 cm³/mol. The zero-order valence-corrected chi connectivity index (χ0v) is 23.8. The molecule has 2 aromatic heterocycles. The van der Waals surface area contributed by atoms with Gasteiger partial charge in [-0.15, -0.1) is 0 Å². The number of ether oxygens (including phenoxy) is 1. The highest BCUT2D eigenvalue weighted by Gasteiger charge is 2.25. The first-order chi connectivity index (χ1) is 19.7. The second kappa shape index (κ2) is 11.8. The lowest BCUT2D eigenvalue weighted by Crippen LogP contribution is -2.44. The molecule has 2 amide bonds. The van der Waals surface area contributed by atoms with Crippen molar-refractivity contribution in [2.24, 2.45) is 0 Å². The van der Waals surface area contributed by atoms with Gasteiger partial charge in [-0.1, -0.05) is 31.2 Å². The van der Waals surface area contributed by atoms with Crippen LogP contribution in [0.25, 0.3) is 22.5 Å². The van der Waals surface area contributed by atoms with Crippen molar-refractivity contribution in [2.75, 3.05) is 18.5 Å². The van der Waals surface area contributed by atoms with Gasteiger partial charge in [0.25, 0.3) is 5.91 Å². The molecule has 1 aliphatic rings. The van der Waals surface area contributed by atoms with Gasteiger partial charge in [-0.05, 0) is 50.1 Å². The Labute approximate surface area is 239 Å². The SMILES string of the molecule is CCC(C)(C)NC(=O)COc1cccc(-c2nc3c(c(Nc4ccc(-c5cn[nH]c5)cc4)n2)CN(C(C)=O)CC3)c1. The summed E-state index contributed by atoms with van der Waals surface area (Å²) < 4.78 is 5.81. The molecule has 0 saturated carbocycles. The van der Waals surface area contributed by atoms with Crippen molar-refractivity contribution in [3.63, 3.8) is 0 Å². The van der Waals surface area contributed by atoms with Gasteiger partial charge in [-0.25, -0.2) is 9.97 Å². The van der Waals surface area contributed by atoms with Crippen LogP contribution >= 0.6 is 0 Å². The zero-order chi connectivity index (χ0) is 29.0. The molecule has 1 aliphatic heterocycles. The summed E-state index contributed by atoms with van der Waals surface area (Å²) in [5, 5.41) is 13.3. The Morgan fingerprint density at radius 2 is 1.88 bits per heavy atom. The van der Waals surface area contributed by atoms with E-state index in [-0.39, 0.29) is 24.0 Å². The number of nitrogens with zero attached hydrogens (tertiary/aromatic N) is 4. The summed E-state index contributed by atoms with van der Waals surface area (Å²) in [6.45, 7) is 8.52. The predicted octanol–water partition coefficient (Wildman–Crippen LogP) is 4.87. The van der Waals surface area contributed by atoms with E-state index < -0.39 is 0 Å². The van der Waals surface area contributed by atoms with Gasteiger partial charge < -0.3 is 20.3 Å². The Kier molecular flexibility index (Phi) is 8.00. The van der Waals surface area contributed by atoms with E-state index in [4.69, 9.17) is 14.7 Å². The summed E-state index contributed by atoms with van der Waals surface area (Å²) in [5.41, 5.74) is 5.19. The summed E-state index contributed by atoms with van der Waals surface area (Å²) in [6.07, 6.45) is 5.07. The van der Waals surface area contributed by atoms with E-state index in [0.29, 0.717) is 36.9 Å². The molecule has 0 fully saturated rings. The Bertz CT molecular complexity index is 1530. The number of rotatable bonds is 9. The van der Waals surface area contributed by atoms with E-state index in [0.717, 1.165) is 40.1 Å². The Morgan fingerprint density at radius 1 is 1.07 bits per heavy atom. The van der Waals surface area contributed by atoms with Gasteiger partial charge in [-0.2, -0.15) is 5.10 Å². The lowest BCUT2D eigenvalue weighted by Gasteiger charge is -2.29. The third-order valence-electron chi connectivity index (χ3n) is 7.31. The molecule has 10 nitrogen and oxygen atoms in total. The molecular formula is C31H35N7O3. The minimum Gasteiger partial charge on any atom is -0.484 e. The van der Waals surface area contributed by atoms with Crippen LogP contribution in [0.3, 0.4) is 0 Å². The van der Waals surface area contributed by atoms with Gasteiger partial charge in [0, 0.05) is 54.0 Å². The number of nitrogens with one attached hydrogen (secondary N) is 3. The molecule has 0 spiro atoms. The van der Waals surface area contributed by atoms with Gasteiger partial charge in [0.1, 0.15) is 11.6 Å². The number of aromatic nitrogens is 4. The van der Waals surface area contributed by atoms with E-state index in [1.165, 1.54) is 0 Å². The molecule has 0 bridgehead atoms. The van der Waals surface area contributed by atoms with E-state index >= 15 is 0 Å². The number of aromatic amines is 1. The smallest absolute Gasteiger partial charge is 0.258 e. The maximum atomic E-state index is 12.4. The van der Waals surface area contributed by atoms with Gasteiger partial charge in [-0.3, -0.25) is 14.7 Å². The molecule has 41 heavy (non-hydrogen) atoms. The first-order valence-corrected chi connectivity index (χ1v) is 13.8. The summed E-state index contributed by atoms with van der Waals surface area (Å²) in [7, 11) is 0. The number of carbonyl (C=O) groups is 2. The summed E-state index contributed by atoms with van der Waals surface area (Å²) in [4.78, 5) is 36.2. The normalized spacial score (nSPS) is 12.9. The molecule has 0 aliphatic carbocycles. The average molecular weight is 554 g/mol. The number of hydrogen-bond acceptors (Lipinski definition) is 7. The van der Waals surface area contributed by atoms with Crippen molar-refractivity contribution in [3.8, 4) is 28.3 Å². The maximum Gasteiger partial charge on any atom is 0.258 e. The first kappa shape index (κ1) is 27.8. The number of fused-ring (bicyclic) bond motifs is 1. The highest BCUT2D eigenvalue weighted by Crippen LogP contribution is 2.31. The fourth-order valence-electron chi connectivity index (χ4n) is 4.58. The van der Waals surface area contributed by atoms with Gasteiger partial charge in [0.15, 0.2) is 12.4 Å². The molecule has 212 valence electrons. The number of H-pyrrole nitrogens is 1. The lowest BCUT2D eigenvalue weighted by atomic mass is 10.0. The molecule has 0 unspecified atom stereocenters. The first-order valence-electron chi connectivity index (χ1n) is 13.8. The fraction of sp³-hybridized carbons (Fsp3) is 0.323. The second-order valence-electron chi connectivity index (χ2n) is 10.8. The van der Waals surface area contributed by atoms with E-state index in [9.17, 15) is 9.59 Å². The highest BCUT2D eigenvalue weighted by atomic mass is 16.5. The van der Waals surface area contributed by atoms with Crippen molar-refractivity contribution < 1.29 is 14.3 Å². The van der Waals surface area contributed by atoms with Crippen LogP contribution in [-0.4, -0.2) is 55.6 Å². The van der Waals surface area contributed by atoms with Crippen LogP contribution in [0.4, 0.5) is 11.5 Å². The van der Waals surface area contributed by atoms with Crippen molar-refractivity contribution in [1.29, 1.82) is 0 Å². The molecule has 5 rings (SSSR count). The molecule has 10 heteroatoms. The van der Waals surface area contributed by atoms with Crippen molar-refractivity contribution in [3.05, 3.63) is 72.2 Å². The number of amides is 2. The van der Waals surface area contributed by atoms with Crippen molar-refractivity contribution >= 4 is 23.3 Å². The second-order valence-corrected chi connectivity index (χ2v) is 10.8. The van der Waals surface area contributed by atoms with Crippen LogP contribution in [0.15, 0.2) is 60.9 Å². The largest absolute Gasteiger partial charge is 0.484 e.